The summed E-state index contributed by atoms with van der Waals surface area (Å²) in [6.45, 7) is 0. The largest absolute Gasteiger partial charge is 0.493 e. The summed E-state index contributed by atoms with van der Waals surface area (Å²) in [6, 6.07) is 17.5. The summed E-state index contributed by atoms with van der Waals surface area (Å²) in [5.74, 6) is -0.767. The Labute approximate surface area is 212 Å². The molecule has 1 heterocycles. The van der Waals surface area contributed by atoms with E-state index in [1.807, 2.05) is 43.3 Å². The van der Waals surface area contributed by atoms with Crippen molar-refractivity contribution < 1.29 is 24.2 Å². The number of carboxylic acids is 1. The number of Topliss-reactive ketones (excluding diaryl/α,β-unsaturated/α-hetero) is 1. The van der Waals surface area contributed by atoms with E-state index in [-0.39, 0.29) is 17.6 Å². The first-order valence-corrected chi connectivity index (χ1v) is 11.8. The highest BCUT2D eigenvalue weighted by Crippen LogP contribution is 2.32. The van der Waals surface area contributed by atoms with Gasteiger partial charge in [-0.3, -0.25) is 4.79 Å². The molecule has 184 valence electrons. The molecule has 0 aliphatic heterocycles. The number of carbonyl (C=O) groups excluding carboxylic acids is 1. The molecule has 8 nitrogen and oxygen atoms in total. The Morgan fingerprint density at radius 1 is 0.861 bits per heavy atom. The highest BCUT2D eigenvalue weighted by Gasteiger charge is 2.25. The van der Waals surface area contributed by atoms with Crippen molar-refractivity contribution in [1.29, 1.82) is 0 Å². The van der Waals surface area contributed by atoms with E-state index in [0.717, 1.165) is 23.0 Å². The first-order valence-electron chi connectivity index (χ1n) is 11.0. The molecule has 0 amide bonds. The van der Waals surface area contributed by atoms with Crippen LogP contribution in [0.3, 0.4) is 0 Å². The van der Waals surface area contributed by atoms with Crippen molar-refractivity contribution in [3.05, 3.63) is 82.9 Å². The lowest BCUT2D eigenvalue weighted by molar-refractivity contribution is -0.130. The number of hydrogen-bond donors (Lipinski definition) is 1. The third-order valence-electron chi connectivity index (χ3n) is 5.81. The maximum absolute atomic E-state index is 13.9. The topological polar surface area (TPSA) is 102 Å². The van der Waals surface area contributed by atoms with Crippen LogP contribution in [0.1, 0.15) is 21.5 Å². The van der Waals surface area contributed by atoms with Crippen LogP contribution in [0, 0.1) is 0 Å². The summed E-state index contributed by atoms with van der Waals surface area (Å²) in [7, 11) is 6.86. The Morgan fingerprint density at radius 2 is 1.53 bits per heavy atom. The van der Waals surface area contributed by atoms with Crippen LogP contribution >= 0.6 is 11.7 Å². The molecule has 0 saturated carbocycles. The number of allylic oxidation sites excluding steroid dienone is 1. The Morgan fingerprint density at radius 3 is 2.17 bits per heavy atom. The number of aliphatic carboxylic acids is 1. The molecule has 36 heavy (non-hydrogen) atoms. The van der Waals surface area contributed by atoms with Gasteiger partial charge in [0.25, 0.3) is 0 Å². The van der Waals surface area contributed by atoms with Gasteiger partial charge in [-0.25, -0.2) is 4.79 Å². The predicted molar refractivity (Wildman–Crippen MR) is 140 cm³/mol. The van der Waals surface area contributed by atoms with Gasteiger partial charge in [-0.05, 0) is 53.6 Å². The monoisotopic (exact) mass is 503 g/mol. The van der Waals surface area contributed by atoms with Gasteiger partial charge in [-0.1, -0.05) is 18.2 Å². The number of methoxy groups -OCH3 is 2. The van der Waals surface area contributed by atoms with Gasteiger partial charge in [0.2, 0.25) is 0 Å². The maximum Gasteiger partial charge on any atom is 0.336 e. The van der Waals surface area contributed by atoms with Crippen molar-refractivity contribution in [3.63, 3.8) is 0 Å². The molecule has 0 fully saturated rings. The third-order valence-corrected chi connectivity index (χ3v) is 6.37. The van der Waals surface area contributed by atoms with Crippen LogP contribution in [-0.2, 0) is 11.2 Å². The molecule has 4 rings (SSSR count). The number of rotatable bonds is 9. The summed E-state index contributed by atoms with van der Waals surface area (Å²) in [5.41, 5.74) is 3.79. The second-order valence-corrected chi connectivity index (χ2v) is 8.79. The molecule has 0 spiro atoms. The lowest BCUT2D eigenvalue weighted by atomic mass is 9.89. The van der Waals surface area contributed by atoms with E-state index in [9.17, 15) is 14.7 Å². The van der Waals surface area contributed by atoms with Crippen molar-refractivity contribution >= 4 is 45.8 Å². The molecule has 0 unspecified atom stereocenters. The number of fused-ring (bicyclic) bond motifs is 1. The van der Waals surface area contributed by atoms with Crippen molar-refractivity contribution in [1.82, 2.24) is 8.75 Å². The number of nitrogens with zero attached hydrogens (tertiary/aromatic N) is 3. The Hall–Kier alpha value is -4.24. The molecule has 1 N–H and O–H groups in total. The number of carboxylic acid groups (broad SMARTS) is 1. The standard InChI is InChI=1S/C27H25N3O5S/c1-30(2)19-9-5-16(6-10-19)13-20(26(31)18-8-12-23(34-3)24(15-18)35-4)25(27(32)33)17-7-11-21-22(14-17)29-36-28-21/h5-12,14-15H,13H2,1-4H3,(H,32,33). The van der Waals surface area contributed by atoms with Gasteiger partial charge in [-0.15, -0.1) is 0 Å². The van der Waals surface area contributed by atoms with Crippen molar-refractivity contribution in [2.75, 3.05) is 33.2 Å². The van der Waals surface area contributed by atoms with Crippen molar-refractivity contribution in [2.24, 2.45) is 0 Å². The number of benzene rings is 3. The minimum atomic E-state index is -1.20. The van der Waals surface area contributed by atoms with Gasteiger partial charge in [-0.2, -0.15) is 8.75 Å². The maximum atomic E-state index is 13.9. The van der Waals surface area contributed by atoms with Crippen LogP contribution in [0.2, 0.25) is 0 Å². The summed E-state index contributed by atoms with van der Waals surface area (Å²) in [4.78, 5) is 28.5. The number of ether oxygens (including phenoxy) is 2. The average molecular weight is 504 g/mol. The smallest absolute Gasteiger partial charge is 0.336 e. The van der Waals surface area contributed by atoms with Crippen molar-refractivity contribution in [3.8, 4) is 11.5 Å². The Balaban J connectivity index is 1.89. The van der Waals surface area contributed by atoms with Crippen LogP contribution in [-0.4, -0.2) is 53.9 Å². The van der Waals surface area contributed by atoms with Crippen LogP contribution < -0.4 is 14.4 Å². The summed E-state index contributed by atoms with van der Waals surface area (Å²) in [5, 5.41) is 10.3. The van der Waals surface area contributed by atoms with Crippen molar-refractivity contribution in [2.45, 2.75) is 6.42 Å². The zero-order chi connectivity index (χ0) is 25.8. The van der Waals surface area contributed by atoms with E-state index in [4.69, 9.17) is 9.47 Å². The molecule has 9 heteroatoms. The highest BCUT2D eigenvalue weighted by atomic mass is 32.1. The summed E-state index contributed by atoms with van der Waals surface area (Å²) in [6.07, 6.45) is 0.121. The minimum absolute atomic E-state index is 0.0821. The number of hydrogen-bond acceptors (Lipinski definition) is 8. The van der Waals surface area contributed by atoms with Gasteiger partial charge in [0, 0.05) is 37.3 Å². The second-order valence-electron chi connectivity index (χ2n) is 8.26. The lowest BCUT2D eigenvalue weighted by Gasteiger charge is -2.16. The minimum Gasteiger partial charge on any atom is -0.493 e. The lowest BCUT2D eigenvalue weighted by Crippen LogP contribution is -2.14. The third kappa shape index (κ3) is 5.06. The molecule has 0 bridgehead atoms. The normalized spacial score (nSPS) is 11.7. The zero-order valence-corrected chi connectivity index (χ0v) is 21.1. The molecular formula is C27H25N3O5S. The van der Waals surface area contributed by atoms with Gasteiger partial charge in [0.15, 0.2) is 17.3 Å². The number of carbonyl (C=O) groups is 2. The Kier molecular flexibility index (Phi) is 7.30. The number of anilines is 1. The van der Waals surface area contributed by atoms with E-state index < -0.39 is 11.8 Å². The van der Waals surface area contributed by atoms with Crippen LogP contribution in [0.4, 0.5) is 5.69 Å². The average Bonchev–Trinajstić information content (AvgIpc) is 3.35. The SMILES string of the molecule is COc1ccc(C(=O)C(Cc2ccc(N(C)C)cc2)=C(C(=O)O)c2ccc3nsnc3c2)cc1OC. The predicted octanol–water partition coefficient (Wildman–Crippen LogP) is 4.74. The highest BCUT2D eigenvalue weighted by molar-refractivity contribution is 7.00. The quantitative estimate of drug-likeness (QED) is 0.258. The first-order chi connectivity index (χ1) is 17.3. The molecule has 0 saturated heterocycles. The summed E-state index contributed by atoms with van der Waals surface area (Å²) < 4.78 is 19.1. The van der Waals surface area contributed by atoms with E-state index in [0.29, 0.717) is 33.7 Å². The molecule has 0 aliphatic carbocycles. The number of ketones is 1. The molecule has 1 aromatic heterocycles. The van der Waals surface area contributed by atoms with Gasteiger partial charge < -0.3 is 19.5 Å². The Bertz CT molecular complexity index is 1460. The van der Waals surface area contributed by atoms with E-state index in [2.05, 4.69) is 8.75 Å². The van der Waals surface area contributed by atoms with Gasteiger partial charge >= 0.3 is 5.97 Å². The molecule has 4 aromatic rings. The number of aromatic nitrogens is 2. The van der Waals surface area contributed by atoms with Gasteiger partial charge in [0.05, 0.1) is 31.5 Å². The zero-order valence-electron chi connectivity index (χ0n) is 20.3. The van der Waals surface area contributed by atoms with Crippen LogP contribution in [0.15, 0.2) is 66.2 Å². The molecule has 0 radical (unpaired) electrons. The molecule has 0 atom stereocenters. The molecule has 3 aromatic carbocycles. The summed E-state index contributed by atoms with van der Waals surface area (Å²) >= 11 is 1.05. The van der Waals surface area contributed by atoms with E-state index in [1.54, 1.807) is 36.4 Å². The van der Waals surface area contributed by atoms with Crippen LogP contribution in [0.5, 0.6) is 11.5 Å². The fourth-order valence-corrected chi connectivity index (χ4v) is 4.43. The fourth-order valence-electron chi connectivity index (χ4n) is 3.91. The van der Waals surface area contributed by atoms with Crippen LogP contribution in [0.25, 0.3) is 16.6 Å². The van der Waals surface area contributed by atoms with Gasteiger partial charge in [0.1, 0.15) is 11.0 Å². The van der Waals surface area contributed by atoms with E-state index >= 15 is 0 Å². The molecular weight excluding hydrogens is 478 g/mol. The molecule has 0 aliphatic rings. The van der Waals surface area contributed by atoms with E-state index in [1.165, 1.54) is 14.2 Å². The first kappa shape index (κ1) is 24.9. The fraction of sp³-hybridized carbons (Fsp3) is 0.185. The second kappa shape index (κ2) is 10.6.